The minimum atomic E-state index is -0.104. The third-order valence-corrected chi connectivity index (χ3v) is 4.65. The van der Waals surface area contributed by atoms with Gasteiger partial charge in [0.25, 0.3) is 5.89 Å². The molecule has 0 saturated heterocycles. The van der Waals surface area contributed by atoms with Crippen molar-refractivity contribution in [1.82, 2.24) is 30.2 Å². The molecule has 1 aliphatic heterocycles. The fraction of sp³-hybridized carbons (Fsp3) is 0.357. The highest BCUT2D eigenvalue weighted by Gasteiger charge is 2.25. The van der Waals surface area contributed by atoms with E-state index in [0.29, 0.717) is 18.3 Å². The number of fused-ring (bicyclic) bond motifs is 1. The topological polar surface area (TPSA) is 98.7 Å². The zero-order valence-electron chi connectivity index (χ0n) is 12.2. The Hall–Kier alpha value is -2.55. The van der Waals surface area contributed by atoms with E-state index in [9.17, 15) is 4.79 Å². The van der Waals surface area contributed by atoms with E-state index in [1.54, 1.807) is 4.68 Å². The lowest BCUT2D eigenvalue weighted by molar-refractivity contribution is -0.126. The van der Waals surface area contributed by atoms with Gasteiger partial charge in [-0.3, -0.25) is 4.79 Å². The molecule has 1 aliphatic rings. The number of amides is 1. The molecule has 118 valence electrons. The van der Waals surface area contributed by atoms with Crippen LogP contribution in [0.4, 0.5) is 0 Å². The van der Waals surface area contributed by atoms with Gasteiger partial charge in [0.15, 0.2) is 5.82 Å². The van der Waals surface area contributed by atoms with Crippen molar-refractivity contribution >= 4 is 17.2 Å². The monoisotopic (exact) mass is 330 g/mol. The highest BCUT2D eigenvalue weighted by molar-refractivity contribution is 7.13. The van der Waals surface area contributed by atoms with Crippen molar-refractivity contribution in [3.63, 3.8) is 0 Å². The maximum Gasteiger partial charge on any atom is 0.268 e. The molecule has 0 bridgehead atoms. The minimum Gasteiger partial charge on any atom is -0.348 e. The molecule has 4 rings (SSSR count). The molecule has 1 amide bonds. The van der Waals surface area contributed by atoms with Gasteiger partial charge in [-0.25, -0.2) is 9.67 Å². The summed E-state index contributed by atoms with van der Waals surface area (Å²) < 4.78 is 6.99. The van der Waals surface area contributed by atoms with Crippen molar-refractivity contribution < 1.29 is 9.32 Å². The van der Waals surface area contributed by atoms with E-state index in [2.05, 4.69) is 25.5 Å². The van der Waals surface area contributed by atoms with Crippen LogP contribution in [0.3, 0.4) is 0 Å². The summed E-state index contributed by atoms with van der Waals surface area (Å²) in [6.45, 7) is 0.822. The second kappa shape index (κ2) is 5.92. The molecule has 0 radical (unpaired) electrons. The van der Waals surface area contributed by atoms with E-state index in [1.807, 2.05) is 17.5 Å². The molecule has 1 unspecified atom stereocenters. The molecule has 0 saturated carbocycles. The van der Waals surface area contributed by atoms with Crippen LogP contribution < -0.4 is 5.32 Å². The number of nitrogens with one attached hydrogen (secondary N) is 1. The molecule has 9 heteroatoms. The zero-order chi connectivity index (χ0) is 15.6. The summed E-state index contributed by atoms with van der Waals surface area (Å²) in [5.74, 6) is 1.77. The maximum atomic E-state index is 12.3. The lowest BCUT2D eigenvalue weighted by Gasteiger charge is -2.21. The zero-order valence-corrected chi connectivity index (χ0v) is 13.0. The second-order valence-corrected chi connectivity index (χ2v) is 6.25. The summed E-state index contributed by atoms with van der Waals surface area (Å²) in [6.07, 6.45) is 3.07. The number of nitrogens with zero attached hydrogens (tertiary/aromatic N) is 5. The number of carbonyl (C=O) groups is 1. The Morgan fingerprint density at radius 1 is 1.52 bits per heavy atom. The van der Waals surface area contributed by atoms with E-state index >= 15 is 0 Å². The number of hydrogen-bond acceptors (Lipinski definition) is 7. The predicted octanol–water partition coefficient (Wildman–Crippen LogP) is 1.27. The Kier molecular flexibility index (Phi) is 3.62. The molecule has 8 nitrogen and oxygen atoms in total. The van der Waals surface area contributed by atoms with Crippen LogP contribution in [0.25, 0.3) is 10.8 Å². The molecule has 0 aliphatic carbocycles. The first-order valence-corrected chi connectivity index (χ1v) is 8.18. The molecule has 0 spiro atoms. The van der Waals surface area contributed by atoms with Crippen molar-refractivity contribution in [3.05, 3.63) is 35.5 Å². The van der Waals surface area contributed by atoms with Gasteiger partial charge in [-0.15, -0.1) is 11.3 Å². The van der Waals surface area contributed by atoms with E-state index in [-0.39, 0.29) is 18.4 Å². The second-order valence-electron chi connectivity index (χ2n) is 5.30. The summed E-state index contributed by atoms with van der Waals surface area (Å²) in [4.78, 5) is 21.6. The third kappa shape index (κ3) is 2.87. The standard InChI is InChI=1S/C14H14N6O2S/c21-13(9-3-4-12-16-8-17-20(12)7-9)15-6-11-18-14(22-19-11)10-2-1-5-23-10/h1-2,5,8-9H,3-4,6-7H2,(H,15,21). The van der Waals surface area contributed by atoms with Crippen molar-refractivity contribution in [1.29, 1.82) is 0 Å². The average Bonchev–Trinajstić information content (AvgIpc) is 3.32. The lowest BCUT2D eigenvalue weighted by atomic mass is 9.99. The molecular weight excluding hydrogens is 316 g/mol. The van der Waals surface area contributed by atoms with Crippen LogP contribution in [0.1, 0.15) is 18.1 Å². The van der Waals surface area contributed by atoms with Gasteiger partial charge in [0, 0.05) is 6.42 Å². The number of aromatic nitrogens is 5. The smallest absolute Gasteiger partial charge is 0.268 e. The Bertz CT molecular complexity index is 809. The van der Waals surface area contributed by atoms with Gasteiger partial charge in [-0.1, -0.05) is 11.2 Å². The molecule has 1 atom stereocenters. The van der Waals surface area contributed by atoms with Gasteiger partial charge in [-0.2, -0.15) is 10.1 Å². The van der Waals surface area contributed by atoms with E-state index < -0.39 is 0 Å². The highest BCUT2D eigenvalue weighted by atomic mass is 32.1. The molecule has 0 fully saturated rings. The van der Waals surface area contributed by atoms with Gasteiger partial charge in [0.05, 0.1) is 23.9 Å². The van der Waals surface area contributed by atoms with Crippen LogP contribution >= 0.6 is 11.3 Å². The first-order chi connectivity index (χ1) is 11.3. The van der Waals surface area contributed by atoms with E-state index in [4.69, 9.17) is 4.52 Å². The van der Waals surface area contributed by atoms with E-state index in [1.165, 1.54) is 17.7 Å². The van der Waals surface area contributed by atoms with Gasteiger partial charge in [0.1, 0.15) is 12.2 Å². The molecule has 23 heavy (non-hydrogen) atoms. The maximum absolute atomic E-state index is 12.3. The lowest BCUT2D eigenvalue weighted by Crippen LogP contribution is -2.36. The number of carbonyl (C=O) groups excluding carboxylic acids is 1. The summed E-state index contributed by atoms with van der Waals surface area (Å²) >= 11 is 1.53. The summed E-state index contributed by atoms with van der Waals surface area (Å²) in [7, 11) is 0. The third-order valence-electron chi connectivity index (χ3n) is 3.80. The average molecular weight is 330 g/mol. The molecule has 3 aromatic rings. The molecular formula is C14H14N6O2S. The summed E-state index contributed by atoms with van der Waals surface area (Å²) in [6, 6.07) is 3.84. The SMILES string of the molecule is O=C(NCc1noc(-c2cccs2)n1)C1CCc2ncnn2C1. The highest BCUT2D eigenvalue weighted by Crippen LogP contribution is 2.22. The van der Waals surface area contributed by atoms with Crippen LogP contribution in [-0.2, 0) is 24.3 Å². The Balaban J connectivity index is 1.35. The quantitative estimate of drug-likeness (QED) is 0.773. The van der Waals surface area contributed by atoms with Crippen LogP contribution in [0, 0.1) is 5.92 Å². The van der Waals surface area contributed by atoms with E-state index in [0.717, 1.165) is 23.5 Å². The fourth-order valence-electron chi connectivity index (χ4n) is 2.59. The first-order valence-electron chi connectivity index (χ1n) is 7.30. The van der Waals surface area contributed by atoms with Crippen molar-refractivity contribution in [2.75, 3.05) is 0 Å². The molecule has 0 aromatic carbocycles. The number of hydrogen-bond donors (Lipinski definition) is 1. The number of rotatable bonds is 4. The normalized spacial score (nSPS) is 17.0. The van der Waals surface area contributed by atoms with Gasteiger partial charge in [-0.05, 0) is 17.9 Å². The van der Waals surface area contributed by atoms with Crippen LogP contribution in [0.2, 0.25) is 0 Å². The fourth-order valence-corrected chi connectivity index (χ4v) is 3.23. The Labute approximate surface area is 135 Å². The van der Waals surface area contributed by atoms with Crippen molar-refractivity contribution in [2.24, 2.45) is 5.92 Å². The van der Waals surface area contributed by atoms with Crippen molar-refractivity contribution in [2.45, 2.75) is 25.9 Å². The predicted molar refractivity (Wildman–Crippen MR) is 81.3 cm³/mol. The minimum absolute atomic E-state index is 0.0198. The molecule has 1 N–H and O–H groups in total. The van der Waals surface area contributed by atoms with Crippen molar-refractivity contribution in [3.8, 4) is 10.8 Å². The van der Waals surface area contributed by atoms with Crippen LogP contribution in [0.5, 0.6) is 0 Å². The van der Waals surface area contributed by atoms with Crippen LogP contribution in [0.15, 0.2) is 28.4 Å². The Morgan fingerprint density at radius 3 is 3.35 bits per heavy atom. The van der Waals surface area contributed by atoms with Gasteiger partial charge in [0.2, 0.25) is 5.91 Å². The molecule has 3 aromatic heterocycles. The number of thiophene rings is 1. The largest absolute Gasteiger partial charge is 0.348 e. The number of aryl methyl sites for hydroxylation is 1. The van der Waals surface area contributed by atoms with Gasteiger partial charge >= 0.3 is 0 Å². The van der Waals surface area contributed by atoms with Gasteiger partial charge < -0.3 is 9.84 Å². The summed E-state index contributed by atoms with van der Waals surface area (Å²) in [5, 5.41) is 12.8. The van der Waals surface area contributed by atoms with Crippen LogP contribution in [-0.4, -0.2) is 30.8 Å². The Morgan fingerprint density at radius 2 is 2.48 bits per heavy atom. The molecule has 4 heterocycles. The summed E-state index contributed by atoms with van der Waals surface area (Å²) in [5.41, 5.74) is 0. The first kappa shape index (κ1) is 14.1.